The van der Waals surface area contributed by atoms with Crippen molar-refractivity contribution in [3.05, 3.63) is 30.1 Å². The average molecular weight is 257 g/mol. The van der Waals surface area contributed by atoms with Gasteiger partial charge in [-0.15, -0.1) is 0 Å². The summed E-state index contributed by atoms with van der Waals surface area (Å²) in [6.07, 6.45) is 0. The molecule has 1 aromatic carbocycles. The van der Waals surface area contributed by atoms with Crippen molar-refractivity contribution in [2.45, 2.75) is 0 Å². The van der Waals surface area contributed by atoms with Gasteiger partial charge in [0.15, 0.2) is 0 Å². The molecule has 1 heterocycles. The number of hydrogen-bond acceptors (Lipinski definition) is 4. The first-order valence-corrected chi connectivity index (χ1v) is 5.66. The summed E-state index contributed by atoms with van der Waals surface area (Å²) in [5.74, 6) is -1.39. The zero-order chi connectivity index (χ0) is 13.2. The molecule has 1 saturated heterocycles. The van der Waals surface area contributed by atoms with Crippen LogP contribution in [-0.2, 0) is 9.53 Å². The standard InChI is InChI=1S/C8H7FO3.C4H9NO/c9-6-1-3-7(4-2-6)12-5-8(10)11;1-3-6-4-2-5-1/h1-4H,5H2,(H,10,11);5H,1-4H2. The van der Waals surface area contributed by atoms with Crippen LogP contribution in [0.15, 0.2) is 24.3 Å². The first kappa shape index (κ1) is 14.4. The Morgan fingerprint density at radius 1 is 1.33 bits per heavy atom. The van der Waals surface area contributed by atoms with E-state index in [0.29, 0.717) is 5.75 Å². The molecular formula is C12H16FNO4. The minimum atomic E-state index is -1.31. The highest BCUT2D eigenvalue weighted by Crippen LogP contribution is 2.10. The van der Waals surface area contributed by atoms with Crippen LogP contribution in [0.4, 0.5) is 4.39 Å². The van der Waals surface area contributed by atoms with Crippen molar-refractivity contribution >= 4 is 5.97 Å². The fraction of sp³-hybridized carbons (Fsp3) is 0.417. The molecule has 0 unspecified atom stereocenters. The monoisotopic (exact) mass is 257 g/mol. The van der Waals surface area contributed by atoms with Gasteiger partial charge in [-0.25, -0.2) is 4.39 Å². The van der Waals surface area contributed by atoms with Crippen molar-refractivity contribution in [2.24, 2.45) is 0 Å². The van der Waals surface area contributed by atoms with E-state index in [-0.39, 0.29) is 0 Å². The second kappa shape index (κ2) is 8.43. The van der Waals surface area contributed by atoms with Gasteiger partial charge < -0.3 is 24.7 Å². The van der Waals surface area contributed by atoms with E-state index >= 15 is 0 Å². The molecule has 0 spiro atoms. The second-order valence-corrected chi connectivity index (χ2v) is 3.59. The average Bonchev–Trinajstić information content (AvgIpc) is 2.41. The largest absolute Gasteiger partial charge is 0.546 e. The number of carbonyl (C=O) groups excluding carboxylic acids is 1. The Morgan fingerprint density at radius 3 is 2.33 bits per heavy atom. The maximum Gasteiger partial charge on any atom is 0.128 e. The zero-order valence-corrected chi connectivity index (χ0v) is 9.93. The van der Waals surface area contributed by atoms with Gasteiger partial charge in [0.25, 0.3) is 0 Å². The van der Waals surface area contributed by atoms with Gasteiger partial charge in [0.05, 0.1) is 32.3 Å². The fourth-order valence-corrected chi connectivity index (χ4v) is 1.25. The lowest BCUT2D eigenvalue weighted by Gasteiger charge is -2.07. The number of hydrogen-bond donors (Lipinski definition) is 1. The first-order valence-electron chi connectivity index (χ1n) is 5.66. The lowest BCUT2D eigenvalue weighted by atomic mass is 10.3. The second-order valence-electron chi connectivity index (χ2n) is 3.59. The molecule has 5 nitrogen and oxygen atoms in total. The van der Waals surface area contributed by atoms with Crippen LogP contribution < -0.4 is 15.2 Å². The quantitative estimate of drug-likeness (QED) is 0.717. The van der Waals surface area contributed by atoms with Crippen LogP contribution >= 0.6 is 0 Å². The van der Waals surface area contributed by atoms with Crippen LogP contribution in [0.25, 0.3) is 0 Å². The highest BCUT2D eigenvalue weighted by molar-refractivity contribution is 5.66. The lowest BCUT2D eigenvalue weighted by molar-refractivity contribution is -0.670. The van der Waals surface area contributed by atoms with E-state index in [1.807, 2.05) is 0 Å². The van der Waals surface area contributed by atoms with E-state index in [0.717, 1.165) is 26.3 Å². The SMILES string of the molecule is C1COCC[NH2+]1.O=C([O-])COc1ccc(F)cc1. The van der Waals surface area contributed by atoms with Gasteiger partial charge in [-0.3, -0.25) is 0 Å². The topological polar surface area (TPSA) is 75.2 Å². The molecule has 0 radical (unpaired) electrons. The van der Waals surface area contributed by atoms with E-state index in [1.165, 1.54) is 24.3 Å². The van der Waals surface area contributed by atoms with Gasteiger partial charge in [0.1, 0.15) is 18.2 Å². The van der Waals surface area contributed by atoms with Crippen molar-refractivity contribution in [3.8, 4) is 5.75 Å². The van der Waals surface area contributed by atoms with Crippen molar-refractivity contribution < 1.29 is 29.1 Å². The van der Waals surface area contributed by atoms with E-state index in [1.54, 1.807) is 0 Å². The Bertz CT molecular complexity index is 340. The Hall–Kier alpha value is -1.66. The summed E-state index contributed by atoms with van der Waals surface area (Å²) in [4.78, 5) is 9.93. The van der Waals surface area contributed by atoms with Gasteiger partial charge in [-0.2, -0.15) is 0 Å². The summed E-state index contributed by atoms with van der Waals surface area (Å²) in [7, 11) is 0. The zero-order valence-electron chi connectivity index (χ0n) is 9.93. The summed E-state index contributed by atoms with van der Waals surface area (Å²) >= 11 is 0. The van der Waals surface area contributed by atoms with E-state index < -0.39 is 18.4 Å². The van der Waals surface area contributed by atoms with E-state index in [2.05, 4.69) is 5.32 Å². The minimum Gasteiger partial charge on any atom is -0.546 e. The van der Waals surface area contributed by atoms with Crippen molar-refractivity contribution in [1.29, 1.82) is 0 Å². The van der Waals surface area contributed by atoms with Crippen LogP contribution in [0.3, 0.4) is 0 Å². The Kier molecular flexibility index (Phi) is 6.75. The summed E-state index contributed by atoms with van der Waals surface area (Å²) in [5, 5.41) is 12.2. The molecule has 2 N–H and O–H groups in total. The summed E-state index contributed by atoms with van der Waals surface area (Å²) < 4.78 is 22.0. The number of halogens is 1. The number of carboxylic acid groups (broad SMARTS) is 1. The number of rotatable bonds is 3. The summed E-state index contributed by atoms with van der Waals surface area (Å²) in [6.45, 7) is 3.67. The molecule has 100 valence electrons. The fourth-order valence-electron chi connectivity index (χ4n) is 1.25. The van der Waals surface area contributed by atoms with Crippen LogP contribution in [0, 0.1) is 5.82 Å². The summed E-state index contributed by atoms with van der Waals surface area (Å²) in [6, 6.07) is 5.06. The van der Waals surface area contributed by atoms with Crippen LogP contribution in [0.5, 0.6) is 5.75 Å². The molecule has 0 bridgehead atoms. The predicted molar refractivity (Wildman–Crippen MR) is 59.4 cm³/mol. The van der Waals surface area contributed by atoms with Gasteiger partial charge in [0.2, 0.25) is 0 Å². The predicted octanol–water partition coefficient (Wildman–Crippen LogP) is -1.47. The highest BCUT2D eigenvalue weighted by Gasteiger charge is 1.97. The normalized spacial score (nSPS) is 14.3. The highest BCUT2D eigenvalue weighted by atomic mass is 19.1. The molecule has 0 aromatic heterocycles. The van der Waals surface area contributed by atoms with Crippen molar-refractivity contribution in [1.82, 2.24) is 0 Å². The lowest BCUT2D eigenvalue weighted by Crippen LogP contribution is -2.87. The number of quaternary nitrogens is 1. The van der Waals surface area contributed by atoms with Gasteiger partial charge in [-0.05, 0) is 24.3 Å². The number of nitrogens with two attached hydrogens (primary N) is 1. The molecule has 18 heavy (non-hydrogen) atoms. The number of morpholine rings is 1. The molecule has 1 fully saturated rings. The Labute approximate surface area is 105 Å². The summed E-state index contributed by atoms with van der Waals surface area (Å²) in [5.41, 5.74) is 0. The molecule has 2 rings (SSSR count). The molecule has 1 aliphatic heterocycles. The third-order valence-corrected chi connectivity index (χ3v) is 2.10. The van der Waals surface area contributed by atoms with Crippen molar-refractivity contribution in [2.75, 3.05) is 32.9 Å². The molecule has 0 atom stereocenters. The van der Waals surface area contributed by atoms with Crippen molar-refractivity contribution in [3.63, 3.8) is 0 Å². The number of carboxylic acids is 1. The Balaban J connectivity index is 0.000000225. The number of carbonyl (C=O) groups is 1. The molecule has 1 aromatic rings. The molecule has 6 heteroatoms. The number of aliphatic carboxylic acids is 1. The number of benzene rings is 1. The minimum absolute atomic E-state index is 0.306. The third kappa shape index (κ3) is 6.82. The molecule has 0 saturated carbocycles. The van der Waals surface area contributed by atoms with E-state index in [9.17, 15) is 14.3 Å². The van der Waals surface area contributed by atoms with Gasteiger partial charge >= 0.3 is 0 Å². The third-order valence-electron chi connectivity index (χ3n) is 2.10. The Morgan fingerprint density at radius 2 is 1.94 bits per heavy atom. The molecule has 0 aliphatic carbocycles. The first-order chi connectivity index (χ1) is 8.68. The molecular weight excluding hydrogens is 241 g/mol. The molecule has 0 amide bonds. The maximum atomic E-state index is 12.3. The van der Waals surface area contributed by atoms with E-state index in [4.69, 9.17) is 9.47 Å². The van der Waals surface area contributed by atoms with Crippen LogP contribution in [0.2, 0.25) is 0 Å². The van der Waals surface area contributed by atoms with Gasteiger partial charge in [-0.1, -0.05) is 0 Å². The molecule has 1 aliphatic rings. The smallest absolute Gasteiger partial charge is 0.128 e. The van der Waals surface area contributed by atoms with Gasteiger partial charge in [0, 0.05) is 0 Å². The maximum absolute atomic E-state index is 12.3. The van der Waals surface area contributed by atoms with Crippen LogP contribution in [-0.4, -0.2) is 38.9 Å². The van der Waals surface area contributed by atoms with Crippen LogP contribution in [0.1, 0.15) is 0 Å². The number of ether oxygens (including phenoxy) is 2.